The molecule has 0 saturated carbocycles. The third kappa shape index (κ3) is 3.58. The summed E-state index contributed by atoms with van der Waals surface area (Å²) < 4.78 is 15.7. The lowest BCUT2D eigenvalue weighted by Crippen LogP contribution is -2.05. The van der Waals surface area contributed by atoms with Gasteiger partial charge in [0.25, 0.3) is 0 Å². The number of ether oxygens (including phenoxy) is 2. The normalized spacial score (nSPS) is 10.3. The van der Waals surface area contributed by atoms with Crippen LogP contribution < -0.4 is 4.74 Å². The van der Waals surface area contributed by atoms with Crippen LogP contribution in [0.4, 0.5) is 0 Å². The summed E-state index contributed by atoms with van der Waals surface area (Å²) >= 11 is 0. The Balaban J connectivity index is 1.64. The van der Waals surface area contributed by atoms with E-state index < -0.39 is 5.97 Å². The average Bonchev–Trinajstić information content (AvgIpc) is 3.09. The zero-order chi connectivity index (χ0) is 16.1. The summed E-state index contributed by atoms with van der Waals surface area (Å²) in [6, 6.07) is 16.3. The molecule has 0 radical (unpaired) electrons. The number of aromatic nitrogens is 1. The Morgan fingerprint density at radius 2 is 1.96 bits per heavy atom. The average molecular weight is 309 g/mol. The van der Waals surface area contributed by atoms with Crippen molar-refractivity contribution in [1.82, 2.24) is 4.98 Å². The highest BCUT2D eigenvalue weighted by Gasteiger charge is 2.11. The fourth-order valence-electron chi connectivity index (χ4n) is 2.06. The van der Waals surface area contributed by atoms with E-state index in [4.69, 9.17) is 13.9 Å². The van der Waals surface area contributed by atoms with E-state index in [0.29, 0.717) is 22.9 Å². The fraction of sp³-hybridized carbons (Fsp3) is 0.111. The molecule has 0 aliphatic heterocycles. The molecule has 1 heterocycles. The molecule has 0 fully saturated rings. The smallest absolute Gasteiger partial charge is 0.338 e. The van der Waals surface area contributed by atoms with Crippen LogP contribution in [-0.4, -0.2) is 18.1 Å². The summed E-state index contributed by atoms with van der Waals surface area (Å²) in [5, 5.41) is 0. The number of oxazole rings is 1. The first-order valence-electron chi connectivity index (χ1n) is 7.07. The van der Waals surface area contributed by atoms with Crippen molar-refractivity contribution in [1.29, 1.82) is 0 Å². The lowest BCUT2D eigenvalue weighted by molar-refractivity contribution is 0.0467. The van der Waals surface area contributed by atoms with Crippen LogP contribution in [0.5, 0.6) is 5.75 Å². The Hall–Kier alpha value is -3.08. The summed E-state index contributed by atoms with van der Waals surface area (Å²) in [5.74, 6) is 0.665. The van der Waals surface area contributed by atoms with Crippen molar-refractivity contribution in [3.63, 3.8) is 0 Å². The van der Waals surface area contributed by atoms with Crippen molar-refractivity contribution in [2.24, 2.45) is 0 Å². The van der Waals surface area contributed by atoms with Crippen molar-refractivity contribution in [3.05, 3.63) is 72.1 Å². The number of hydrogen-bond acceptors (Lipinski definition) is 5. The third-order valence-corrected chi connectivity index (χ3v) is 3.23. The molecular weight excluding hydrogens is 294 g/mol. The van der Waals surface area contributed by atoms with Gasteiger partial charge in [0.05, 0.1) is 12.7 Å². The van der Waals surface area contributed by atoms with Crippen molar-refractivity contribution < 1.29 is 18.7 Å². The van der Waals surface area contributed by atoms with Gasteiger partial charge in [0.2, 0.25) is 5.89 Å². The maximum Gasteiger partial charge on any atom is 0.338 e. The second kappa shape index (κ2) is 6.79. The Morgan fingerprint density at radius 3 is 2.74 bits per heavy atom. The molecule has 5 heteroatoms. The van der Waals surface area contributed by atoms with Crippen molar-refractivity contribution in [3.8, 4) is 17.2 Å². The van der Waals surface area contributed by atoms with Gasteiger partial charge >= 0.3 is 5.97 Å². The Bertz CT molecular complexity index is 796. The lowest BCUT2D eigenvalue weighted by Gasteiger charge is -2.04. The van der Waals surface area contributed by atoms with E-state index in [0.717, 1.165) is 5.56 Å². The van der Waals surface area contributed by atoms with Gasteiger partial charge in [-0.05, 0) is 30.3 Å². The van der Waals surface area contributed by atoms with Crippen LogP contribution in [0.25, 0.3) is 11.5 Å². The van der Waals surface area contributed by atoms with Gasteiger partial charge in [0, 0.05) is 5.56 Å². The SMILES string of the molecule is COc1cccc(C(=O)OCc2coc(-c3ccccc3)n2)c1. The zero-order valence-corrected chi connectivity index (χ0v) is 12.6. The molecule has 0 N–H and O–H groups in total. The molecule has 1 aromatic heterocycles. The lowest BCUT2D eigenvalue weighted by atomic mass is 10.2. The topological polar surface area (TPSA) is 61.6 Å². The first-order valence-corrected chi connectivity index (χ1v) is 7.07. The van der Waals surface area contributed by atoms with E-state index >= 15 is 0 Å². The highest BCUT2D eigenvalue weighted by Crippen LogP contribution is 2.19. The van der Waals surface area contributed by atoms with Crippen molar-refractivity contribution >= 4 is 5.97 Å². The van der Waals surface area contributed by atoms with Crippen LogP contribution in [0.15, 0.2) is 65.3 Å². The number of carbonyl (C=O) groups is 1. The third-order valence-electron chi connectivity index (χ3n) is 3.23. The number of benzene rings is 2. The molecule has 3 rings (SSSR count). The molecule has 5 nitrogen and oxygen atoms in total. The predicted octanol–water partition coefficient (Wildman–Crippen LogP) is 3.71. The van der Waals surface area contributed by atoms with Crippen LogP contribution in [0.2, 0.25) is 0 Å². The van der Waals surface area contributed by atoms with Gasteiger partial charge < -0.3 is 13.9 Å². The highest BCUT2D eigenvalue weighted by molar-refractivity contribution is 5.89. The van der Waals surface area contributed by atoms with Gasteiger partial charge in [-0.15, -0.1) is 0 Å². The molecule has 3 aromatic rings. The standard InChI is InChI=1S/C18H15NO4/c1-21-16-9-5-8-14(10-16)18(20)23-12-15-11-22-17(19-15)13-6-3-2-4-7-13/h2-11H,12H2,1H3. The molecule has 0 spiro atoms. The van der Waals surface area contributed by atoms with Gasteiger partial charge in [-0.2, -0.15) is 0 Å². The van der Waals surface area contributed by atoms with Crippen LogP contribution in [0.3, 0.4) is 0 Å². The van der Waals surface area contributed by atoms with Gasteiger partial charge in [-0.25, -0.2) is 9.78 Å². The van der Waals surface area contributed by atoms with E-state index in [-0.39, 0.29) is 6.61 Å². The molecule has 0 amide bonds. The summed E-state index contributed by atoms with van der Waals surface area (Å²) in [6.07, 6.45) is 1.49. The van der Waals surface area contributed by atoms with Crippen LogP contribution in [0, 0.1) is 0 Å². The molecule has 0 bridgehead atoms. The first kappa shape index (κ1) is 14.8. The van der Waals surface area contributed by atoms with Crippen LogP contribution >= 0.6 is 0 Å². The van der Waals surface area contributed by atoms with E-state index in [1.54, 1.807) is 31.4 Å². The van der Waals surface area contributed by atoms with E-state index in [1.165, 1.54) is 6.26 Å². The molecule has 0 saturated heterocycles. The Kier molecular flexibility index (Phi) is 4.38. The van der Waals surface area contributed by atoms with Gasteiger partial charge in [-0.3, -0.25) is 0 Å². The molecule has 0 aliphatic rings. The molecule has 0 aliphatic carbocycles. The minimum Gasteiger partial charge on any atom is -0.497 e. The number of methoxy groups -OCH3 is 1. The molecule has 23 heavy (non-hydrogen) atoms. The number of rotatable bonds is 5. The maximum absolute atomic E-state index is 12.0. The van der Waals surface area contributed by atoms with Gasteiger partial charge in [0.1, 0.15) is 24.3 Å². The largest absolute Gasteiger partial charge is 0.497 e. The maximum atomic E-state index is 12.0. The molecule has 2 aromatic carbocycles. The second-order valence-electron chi connectivity index (χ2n) is 4.82. The molecular formula is C18H15NO4. The minimum absolute atomic E-state index is 0.0480. The fourth-order valence-corrected chi connectivity index (χ4v) is 2.06. The minimum atomic E-state index is -0.437. The summed E-state index contributed by atoms with van der Waals surface area (Å²) in [7, 11) is 1.55. The number of nitrogens with zero attached hydrogens (tertiary/aromatic N) is 1. The van der Waals surface area contributed by atoms with Crippen molar-refractivity contribution in [2.45, 2.75) is 6.61 Å². The molecule has 0 atom stereocenters. The Morgan fingerprint density at radius 1 is 1.13 bits per heavy atom. The number of hydrogen-bond donors (Lipinski definition) is 0. The van der Waals surface area contributed by atoms with Crippen LogP contribution in [0.1, 0.15) is 16.1 Å². The van der Waals surface area contributed by atoms with Gasteiger partial charge in [-0.1, -0.05) is 24.3 Å². The molecule has 116 valence electrons. The van der Waals surface area contributed by atoms with Crippen LogP contribution in [-0.2, 0) is 11.3 Å². The number of esters is 1. The first-order chi connectivity index (χ1) is 11.3. The number of carbonyl (C=O) groups excluding carboxylic acids is 1. The zero-order valence-electron chi connectivity index (χ0n) is 12.6. The Labute approximate surface area is 133 Å². The summed E-state index contributed by atoms with van der Waals surface area (Å²) in [4.78, 5) is 16.3. The van der Waals surface area contributed by atoms with E-state index in [1.807, 2.05) is 30.3 Å². The van der Waals surface area contributed by atoms with Crippen molar-refractivity contribution in [2.75, 3.05) is 7.11 Å². The van der Waals surface area contributed by atoms with E-state index in [9.17, 15) is 4.79 Å². The predicted molar refractivity (Wildman–Crippen MR) is 84.1 cm³/mol. The highest BCUT2D eigenvalue weighted by atomic mass is 16.5. The summed E-state index contributed by atoms with van der Waals surface area (Å²) in [6.45, 7) is 0.0480. The summed E-state index contributed by atoms with van der Waals surface area (Å²) in [5.41, 5.74) is 1.86. The van der Waals surface area contributed by atoms with Gasteiger partial charge in [0.15, 0.2) is 0 Å². The van der Waals surface area contributed by atoms with E-state index in [2.05, 4.69) is 4.98 Å². The quantitative estimate of drug-likeness (QED) is 0.672. The molecule has 0 unspecified atom stereocenters. The second-order valence-corrected chi connectivity index (χ2v) is 4.82. The monoisotopic (exact) mass is 309 g/mol.